The molecule has 0 unspecified atom stereocenters. The van der Waals surface area contributed by atoms with Crippen LogP contribution in [0.15, 0.2) is 30.9 Å². The van der Waals surface area contributed by atoms with Crippen molar-refractivity contribution < 1.29 is 57.2 Å². The summed E-state index contributed by atoms with van der Waals surface area (Å²) in [6.07, 6.45) is 0.183. The van der Waals surface area contributed by atoms with E-state index in [1.165, 1.54) is 27.7 Å². The average molecular weight is 547 g/mol. The molecule has 0 atom stereocenters. The first-order valence-electron chi connectivity index (χ1n) is 8.90. The van der Waals surface area contributed by atoms with Gasteiger partial charge < -0.3 is 47.4 Å². The zero-order valence-corrected chi connectivity index (χ0v) is 21.4. The zero-order valence-electron chi connectivity index (χ0n) is 18.8. The van der Waals surface area contributed by atoms with Crippen molar-refractivity contribution in [1.29, 1.82) is 0 Å². The summed E-state index contributed by atoms with van der Waals surface area (Å²) in [5, 5.41) is 49.0. The number of hydrogen-bond donors (Lipinski definition) is 2. The SMILES string of the molecule is CC(=N\[O-])/C(C)=N/O[B-](CC(C)C)(O/N=C(C)/C(C)=N/O)O/N=C(C)/C(C)=N/O.[99Tc].[Cl-]. The van der Waals surface area contributed by atoms with Crippen LogP contribution in [0.5, 0.6) is 0 Å². The first-order chi connectivity index (χ1) is 13.5. The number of oxime groups is 5. The second-order valence-corrected chi connectivity index (χ2v) is 6.81. The average Bonchev–Trinajstić information content (AvgIpc) is 2.71. The summed E-state index contributed by atoms with van der Waals surface area (Å²) in [5.74, 6) is 0.00556. The Bertz CT molecular complexity index is 654. The fourth-order valence-electron chi connectivity index (χ4n) is 1.65. The molecule has 0 aromatic rings. The Balaban J connectivity index is -0.00000392. The standard InChI is InChI=1S/C16H30BN6O6.ClH.Tc/c1-10(2)9-17(27-21-14(6)11(3)18-24,28-22-15(7)12(4)19-25)29-23-16(8)13(5)20-26;;/h10,24-26H,9H2,1-8H3;1H;/q-1;;/p-2/b18-11+,19-12+,20-13+,21-14+,22-15+,23-16+;;/i;;1+1. The Kier molecular flexibility index (Phi) is 17.8. The zero-order chi connectivity index (χ0) is 22.6. The molecule has 0 aliphatic rings. The van der Waals surface area contributed by atoms with Crippen LogP contribution in [0.1, 0.15) is 55.4 Å². The van der Waals surface area contributed by atoms with Gasteiger partial charge in [0.15, 0.2) is 0 Å². The van der Waals surface area contributed by atoms with Gasteiger partial charge in [0, 0.05) is 20.1 Å². The predicted molar refractivity (Wildman–Crippen MR) is 114 cm³/mol. The second kappa shape index (κ2) is 16.5. The Morgan fingerprint density at radius 1 is 0.742 bits per heavy atom. The maximum atomic E-state index is 10.7. The maximum absolute atomic E-state index is 10.7. The van der Waals surface area contributed by atoms with Crippen LogP contribution in [-0.2, 0) is 34.4 Å². The molecule has 0 saturated heterocycles. The van der Waals surface area contributed by atoms with Gasteiger partial charge in [-0.05, 0) is 47.9 Å². The normalized spacial score (nSPS) is 14.6. The molecule has 0 bridgehead atoms. The van der Waals surface area contributed by atoms with E-state index in [-0.39, 0.29) is 79.0 Å². The Morgan fingerprint density at radius 2 is 1.06 bits per heavy atom. The Morgan fingerprint density at radius 3 is 1.32 bits per heavy atom. The van der Waals surface area contributed by atoms with Crippen molar-refractivity contribution >= 4 is 41.0 Å². The summed E-state index contributed by atoms with van der Waals surface area (Å²) < 4.78 is 16.6. The van der Waals surface area contributed by atoms with Crippen LogP contribution in [0.3, 0.4) is 0 Å². The third kappa shape index (κ3) is 12.3. The molecule has 0 saturated carbocycles. The molecule has 31 heavy (non-hydrogen) atoms. The molecule has 0 fully saturated rings. The van der Waals surface area contributed by atoms with E-state index in [4.69, 9.17) is 24.7 Å². The van der Waals surface area contributed by atoms with Gasteiger partial charge in [0.2, 0.25) is 0 Å². The van der Waals surface area contributed by atoms with Crippen LogP contribution in [0.4, 0.5) is 0 Å². The quantitative estimate of drug-likeness (QED) is 0.165. The van der Waals surface area contributed by atoms with Gasteiger partial charge in [-0.3, -0.25) is 0 Å². The van der Waals surface area contributed by atoms with Crippen molar-refractivity contribution in [2.24, 2.45) is 36.9 Å². The summed E-state index contributed by atoms with van der Waals surface area (Å²) in [7, 11) is 0. The Labute approximate surface area is 201 Å². The molecular weight excluding hydrogens is 517 g/mol. The van der Waals surface area contributed by atoms with E-state index < -0.39 is 6.75 Å². The summed E-state index contributed by atoms with van der Waals surface area (Å²) in [6, 6.07) is 0. The third-order valence-corrected chi connectivity index (χ3v) is 3.82. The third-order valence-electron chi connectivity index (χ3n) is 3.82. The topological polar surface area (TPSA) is 165 Å². The van der Waals surface area contributed by atoms with Crippen LogP contribution in [-0.4, -0.2) is 51.4 Å². The molecule has 0 aromatic carbocycles. The molecule has 0 aliphatic carbocycles. The van der Waals surface area contributed by atoms with Gasteiger partial charge in [-0.15, -0.1) is 15.5 Å². The van der Waals surface area contributed by atoms with E-state index in [1.54, 1.807) is 13.8 Å². The molecule has 15 heteroatoms. The predicted octanol–water partition coefficient (Wildman–Crippen LogP) is 0.419. The minimum Gasteiger partial charge on any atom is -1.00 e. The first kappa shape index (κ1) is 33.5. The van der Waals surface area contributed by atoms with Crippen molar-refractivity contribution in [2.75, 3.05) is 0 Å². The molecule has 0 amide bonds. The van der Waals surface area contributed by atoms with Crippen LogP contribution in [0.25, 0.3) is 0 Å². The summed E-state index contributed by atoms with van der Waals surface area (Å²) >= 11 is 0. The number of rotatable bonds is 11. The molecule has 1 radical (unpaired) electrons. The van der Waals surface area contributed by atoms with Gasteiger partial charge in [-0.25, -0.2) is 0 Å². The van der Waals surface area contributed by atoms with Gasteiger partial charge in [-0.1, -0.05) is 30.1 Å². The minimum absolute atomic E-state index is 0. The second-order valence-electron chi connectivity index (χ2n) is 6.81. The van der Waals surface area contributed by atoms with Gasteiger partial charge in [0.05, 0.1) is 22.8 Å². The monoisotopic (exact) mass is 546 g/mol. The molecule has 0 rings (SSSR count). The summed E-state index contributed by atoms with van der Waals surface area (Å²) in [6.45, 7) is 10.2. The van der Waals surface area contributed by atoms with E-state index in [0.717, 1.165) is 0 Å². The molecule has 2 N–H and O–H groups in total. The van der Waals surface area contributed by atoms with Crippen molar-refractivity contribution in [3.05, 3.63) is 5.21 Å². The van der Waals surface area contributed by atoms with Crippen molar-refractivity contribution in [1.82, 2.24) is 0 Å². The molecule has 0 aliphatic heterocycles. The van der Waals surface area contributed by atoms with Gasteiger partial charge in [0.25, 0.3) is 0 Å². The molecule has 12 nitrogen and oxygen atoms in total. The van der Waals surface area contributed by atoms with Crippen LogP contribution >= 0.6 is 0 Å². The molecule has 0 spiro atoms. The minimum atomic E-state index is -2.73. The van der Waals surface area contributed by atoms with Crippen LogP contribution in [0.2, 0.25) is 6.32 Å². The van der Waals surface area contributed by atoms with Crippen molar-refractivity contribution in [3.8, 4) is 0 Å². The molecule has 0 aromatic heterocycles. The number of hydrogen-bond acceptors (Lipinski definition) is 12. The van der Waals surface area contributed by atoms with E-state index in [2.05, 4.69) is 30.9 Å². The number of halogens is 1. The van der Waals surface area contributed by atoms with E-state index in [1.807, 2.05) is 13.8 Å². The molecular formula is C16H29BClN6O6Tc-3. The van der Waals surface area contributed by atoms with E-state index in [0.29, 0.717) is 0 Å². The largest absolute Gasteiger partial charge is 1.00 e. The van der Waals surface area contributed by atoms with Gasteiger partial charge in [-0.2, -0.15) is 0 Å². The fourth-order valence-corrected chi connectivity index (χ4v) is 1.65. The van der Waals surface area contributed by atoms with Crippen molar-refractivity contribution in [3.63, 3.8) is 0 Å². The van der Waals surface area contributed by atoms with Gasteiger partial charge in [0.1, 0.15) is 11.4 Å². The number of nitrogens with zero attached hydrogens (tertiary/aromatic N) is 6. The van der Waals surface area contributed by atoms with Crippen molar-refractivity contribution in [2.45, 2.75) is 61.7 Å². The summed E-state index contributed by atoms with van der Waals surface area (Å²) in [4.78, 5) is 0. The maximum Gasteiger partial charge on any atom is 0.609 e. The van der Waals surface area contributed by atoms with E-state index in [9.17, 15) is 5.21 Å². The van der Waals surface area contributed by atoms with Crippen LogP contribution < -0.4 is 12.4 Å². The molecule has 179 valence electrons. The van der Waals surface area contributed by atoms with E-state index >= 15 is 0 Å². The summed E-state index contributed by atoms with van der Waals surface area (Å²) in [5.41, 5.74) is 1.30. The fraction of sp³-hybridized carbons (Fsp3) is 0.625. The smallest absolute Gasteiger partial charge is 0.609 e. The van der Waals surface area contributed by atoms with Crippen LogP contribution in [0, 0.1) is 11.1 Å². The first-order valence-corrected chi connectivity index (χ1v) is 8.90. The van der Waals surface area contributed by atoms with Gasteiger partial charge >= 0.3 is 6.75 Å². The Hall–Kier alpha value is -2.18. The molecule has 0 heterocycles.